The Morgan fingerprint density at radius 3 is 2.70 bits per heavy atom. The average molecular weight is 296 g/mol. The van der Waals surface area contributed by atoms with Crippen molar-refractivity contribution in [1.82, 2.24) is 15.2 Å². The van der Waals surface area contributed by atoms with Crippen LogP contribution in [0, 0.1) is 0 Å². The molecule has 0 bridgehead atoms. The number of carbonyl (C=O) groups excluding carboxylic acids is 1. The summed E-state index contributed by atoms with van der Waals surface area (Å²) in [6.45, 7) is 0.657. The zero-order chi connectivity index (χ0) is 14.6. The number of nitrogens with zero attached hydrogens (tertiary/aromatic N) is 2. The topological polar surface area (TPSA) is 45.2 Å². The van der Waals surface area contributed by atoms with E-state index in [4.69, 9.17) is 11.6 Å². The van der Waals surface area contributed by atoms with Crippen LogP contribution in [0.5, 0.6) is 0 Å². The number of hydrogen-bond acceptors (Lipinski definition) is 3. The van der Waals surface area contributed by atoms with Crippen LogP contribution in [0.3, 0.4) is 0 Å². The molecule has 5 heteroatoms. The molecule has 1 heterocycles. The van der Waals surface area contributed by atoms with Crippen molar-refractivity contribution in [2.24, 2.45) is 0 Å². The molecule has 0 saturated heterocycles. The fourth-order valence-electron chi connectivity index (χ4n) is 2.89. The maximum Gasteiger partial charge on any atom is 0.254 e. The van der Waals surface area contributed by atoms with Gasteiger partial charge in [0, 0.05) is 18.3 Å². The second-order valence-corrected chi connectivity index (χ2v) is 6.06. The number of carbonyl (C=O) groups is 1. The lowest BCUT2D eigenvalue weighted by Crippen LogP contribution is -2.53. The minimum absolute atomic E-state index is 0.0720. The van der Waals surface area contributed by atoms with E-state index in [1.54, 1.807) is 18.3 Å². The van der Waals surface area contributed by atoms with Crippen LogP contribution in [0.4, 0.5) is 0 Å². The molecule has 0 unspecified atom stereocenters. The van der Waals surface area contributed by atoms with E-state index in [0.29, 0.717) is 12.1 Å². The van der Waals surface area contributed by atoms with Gasteiger partial charge in [-0.2, -0.15) is 0 Å². The van der Waals surface area contributed by atoms with E-state index in [0.717, 1.165) is 12.8 Å². The zero-order valence-electron chi connectivity index (χ0n) is 12.2. The number of pyridine rings is 1. The van der Waals surface area contributed by atoms with Gasteiger partial charge in [0.05, 0.1) is 5.56 Å². The van der Waals surface area contributed by atoms with Gasteiger partial charge >= 0.3 is 0 Å². The summed E-state index contributed by atoms with van der Waals surface area (Å²) in [5.74, 6) is -0.144. The molecule has 2 rings (SSSR count). The highest BCUT2D eigenvalue weighted by Crippen LogP contribution is 2.31. The highest BCUT2D eigenvalue weighted by Gasteiger charge is 2.34. The molecule has 0 atom stereocenters. The average Bonchev–Trinajstić information content (AvgIpc) is 2.46. The molecule has 1 aromatic rings. The molecule has 1 aromatic heterocycles. The van der Waals surface area contributed by atoms with Gasteiger partial charge in [-0.25, -0.2) is 4.98 Å². The van der Waals surface area contributed by atoms with Crippen LogP contribution >= 0.6 is 11.6 Å². The van der Waals surface area contributed by atoms with Gasteiger partial charge in [-0.3, -0.25) is 4.79 Å². The summed E-state index contributed by atoms with van der Waals surface area (Å²) >= 11 is 5.96. The van der Waals surface area contributed by atoms with Crippen molar-refractivity contribution in [2.75, 3.05) is 20.6 Å². The van der Waals surface area contributed by atoms with Crippen molar-refractivity contribution in [3.05, 3.63) is 29.0 Å². The van der Waals surface area contributed by atoms with Crippen LogP contribution in [0.25, 0.3) is 0 Å². The minimum Gasteiger partial charge on any atom is -0.350 e. The molecular weight excluding hydrogens is 274 g/mol. The van der Waals surface area contributed by atoms with Crippen molar-refractivity contribution < 1.29 is 4.79 Å². The highest BCUT2D eigenvalue weighted by molar-refractivity contribution is 6.32. The van der Waals surface area contributed by atoms with Crippen molar-refractivity contribution in [3.63, 3.8) is 0 Å². The monoisotopic (exact) mass is 295 g/mol. The summed E-state index contributed by atoms with van der Waals surface area (Å²) in [6, 6.07) is 3.43. The predicted molar refractivity (Wildman–Crippen MR) is 81.1 cm³/mol. The molecule has 20 heavy (non-hydrogen) atoms. The minimum atomic E-state index is -0.144. The van der Waals surface area contributed by atoms with Crippen LogP contribution in [0.15, 0.2) is 18.3 Å². The summed E-state index contributed by atoms with van der Waals surface area (Å²) in [7, 11) is 4.18. The number of aromatic nitrogens is 1. The van der Waals surface area contributed by atoms with Crippen LogP contribution < -0.4 is 5.32 Å². The van der Waals surface area contributed by atoms with E-state index < -0.39 is 0 Å². The van der Waals surface area contributed by atoms with Gasteiger partial charge in [0.2, 0.25) is 0 Å². The lowest BCUT2D eigenvalue weighted by atomic mass is 9.80. The van der Waals surface area contributed by atoms with Gasteiger partial charge in [-0.1, -0.05) is 30.9 Å². The summed E-state index contributed by atoms with van der Waals surface area (Å²) in [5.41, 5.74) is 0.515. The van der Waals surface area contributed by atoms with Gasteiger partial charge < -0.3 is 10.2 Å². The van der Waals surface area contributed by atoms with Crippen molar-refractivity contribution in [2.45, 2.75) is 37.6 Å². The molecule has 0 radical (unpaired) electrons. The SMILES string of the molecule is CN(C)C1(CNC(=O)c2cccnc2Cl)CCCCC1. The number of halogens is 1. The van der Waals surface area contributed by atoms with E-state index in [-0.39, 0.29) is 16.6 Å². The Labute approximate surface area is 125 Å². The van der Waals surface area contributed by atoms with Crippen molar-refractivity contribution >= 4 is 17.5 Å². The first kappa shape index (κ1) is 15.3. The molecule has 0 aliphatic heterocycles. The van der Waals surface area contributed by atoms with Gasteiger partial charge in [0.1, 0.15) is 5.15 Å². The Hall–Kier alpha value is -1.13. The molecule has 1 amide bonds. The van der Waals surface area contributed by atoms with E-state index in [1.807, 2.05) is 0 Å². The standard InChI is InChI=1S/C15H22ClN3O/c1-19(2)15(8-4-3-5-9-15)11-18-14(20)12-7-6-10-17-13(12)16/h6-7,10H,3-5,8-9,11H2,1-2H3,(H,18,20). The molecule has 1 fully saturated rings. The molecule has 1 saturated carbocycles. The lowest BCUT2D eigenvalue weighted by molar-refractivity contribution is 0.0799. The summed E-state index contributed by atoms with van der Waals surface area (Å²) in [5, 5.41) is 3.28. The number of amides is 1. The summed E-state index contributed by atoms with van der Waals surface area (Å²) < 4.78 is 0. The quantitative estimate of drug-likeness (QED) is 0.869. The Kier molecular flexibility index (Phi) is 5.00. The Morgan fingerprint density at radius 2 is 2.10 bits per heavy atom. The first-order valence-electron chi connectivity index (χ1n) is 7.11. The van der Waals surface area contributed by atoms with Crippen LogP contribution in [0.1, 0.15) is 42.5 Å². The molecule has 0 aromatic carbocycles. The van der Waals surface area contributed by atoms with E-state index in [9.17, 15) is 4.79 Å². The molecule has 110 valence electrons. The fourth-order valence-corrected chi connectivity index (χ4v) is 3.09. The smallest absolute Gasteiger partial charge is 0.254 e. The highest BCUT2D eigenvalue weighted by atomic mass is 35.5. The maximum absolute atomic E-state index is 12.2. The number of nitrogens with one attached hydrogen (secondary N) is 1. The number of hydrogen-bond donors (Lipinski definition) is 1. The molecule has 1 aliphatic carbocycles. The maximum atomic E-state index is 12.2. The normalized spacial score (nSPS) is 18.0. The van der Waals surface area contributed by atoms with Gasteiger partial charge in [0.15, 0.2) is 0 Å². The first-order valence-corrected chi connectivity index (χ1v) is 7.49. The van der Waals surface area contributed by atoms with Crippen LogP contribution in [-0.4, -0.2) is 42.0 Å². The molecular formula is C15H22ClN3O. The van der Waals surface area contributed by atoms with Crippen LogP contribution in [0.2, 0.25) is 5.15 Å². The van der Waals surface area contributed by atoms with Crippen molar-refractivity contribution in [3.8, 4) is 0 Å². The molecule has 0 spiro atoms. The largest absolute Gasteiger partial charge is 0.350 e. The third-order valence-corrected chi connectivity index (χ3v) is 4.62. The lowest BCUT2D eigenvalue weighted by Gasteiger charge is -2.43. The predicted octanol–water partition coefficient (Wildman–Crippen LogP) is 2.73. The molecule has 1 N–H and O–H groups in total. The third kappa shape index (κ3) is 3.30. The number of rotatable bonds is 4. The van der Waals surface area contributed by atoms with Gasteiger partial charge in [-0.05, 0) is 39.1 Å². The van der Waals surface area contributed by atoms with Gasteiger partial charge in [0.25, 0.3) is 5.91 Å². The van der Waals surface area contributed by atoms with Crippen molar-refractivity contribution in [1.29, 1.82) is 0 Å². The fraction of sp³-hybridized carbons (Fsp3) is 0.600. The Balaban J connectivity index is 2.03. The third-order valence-electron chi connectivity index (χ3n) is 4.31. The molecule has 1 aliphatic rings. The number of likely N-dealkylation sites (N-methyl/N-ethyl adjacent to an activating group) is 1. The Morgan fingerprint density at radius 1 is 1.40 bits per heavy atom. The van der Waals surface area contributed by atoms with E-state index in [2.05, 4.69) is 29.3 Å². The van der Waals surface area contributed by atoms with Crippen LogP contribution in [-0.2, 0) is 0 Å². The zero-order valence-corrected chi connectivity index (χ0v) is 12.9. The van der Waals surface area contributed by atoms with E-state index >= 15 is 0 Å². The second-order valence-electron chi connectivity index (χ2n) is 5.70. The summed E-state index contributed by atoms with van der Waals surface area (Å²) in [4.78, 5) is 18.4. The van der Waals surface area contributed by atoms with E-state index in [1.165, 1.54) is 19.3 Å². The molecule has 4 nitrogen and oxygen atoms in total. The van der Waals surface area contributed by atoms with Gasteiger partial charge in [-0.15, -0.1) is 0 Å². The first-order chi connectivity index (χ1) is 9.55. The second kappa shape index (κ2) is 6.55. The Bertz CT molecular complexity index is 470. The summed E-state index contributed by atoms with van der Waals surface area (Å²) in [6.07, 6.45) is 7.57.